The average molecular weight is 413 g/mol. The molecule has 1 aromatic carbocycles. The van der Waals surface area contributed by atoms with Crippen molar-refractivity contribution in [3.8, 4) is 0 Å². The molecule has 30 heavy (non-hydrogen) atoms. The maximum atomic E-state index is 13.1. The van der Waals surface area contributed by atoms with Crippen LogP contribution < -0.4 is 0 Å². The Hall–Kier alpha value is -1.11. The number of rotatable bonds is 17. The van der Waals surface area contributed by atoms with Crippen molar-refractivity contribution >= 4 is 5.78 Å². The molecule has 1 aromatic rings. The van der Waals surface area contributed by atoms with Crippen LogP contribution in [-0.2, 0) is 11.2 Å². The fourth-order valence-electron chi connectivity index (χ4n) is 5.27. The lowest BCUT2D eigenvalue weighted by molar-refractivity contribution is -0.125. The van der Waals surface area contributed by atoms with Gasteiger partial charge in [-0.05, 0) is 37.2 Å². The third-order valence-corrected chi connectivity index (χ3v) is 7.21. The van der Waals surface area contributed by atoms with Crippen LogP contribution in [0, 0.1) is 11.8 Å². The van der Waals surface area contributed by atoms with Gasteiger partial charge in [-0.25, -0.2) is 0 Å². The van der Waals surface area contributed by atoms with Crippen LogP contribution in [0.4, 0.5) is 0 Å². The van der Waals surface area contributed by atoms with Gasteiger partial charge in [0, 0.05) is 12.3 Å². The van der Waals surface area contributed by atoms with Gasteiger partial charge in [0.15, 0.2) is 0 Å². The molecule has 2 rings (SSSR count). The molecule has 1 nitrogen and oxygen atoms in total. The fraction of sp³-hybridized carbons (Fsp3) is 0.759. The van der Waals surface area contributed by atoms with Crippen LogP contribution in [0.1, 0.15) is 128 Å². The lowest BCUT2D eigenvalue weighted by Crippen LogP contribution is -2.27. The second-order valence-electron chi connectivity index (χ2n) is 9.80. The largest absolute Gasteiger partial charge is 0.299 e. The molecule has 1 aliphatic carbocycles. The van der Waals surface area contributed by atoms with Crippen molar-refractivity contribution in [2.24, 2.45) is 11.8 Å². The first-order valence-electron chi connectivity index (χ1n) is 13.4. The summed E-state index contributed by atoms with van der Waals surface area (Å²) >= 11 is 0. The zero-order chi connectivity index (χ0) is 21.3. The van der Waals surface area contributed by atoms with E-state index in [0.29, 0.717) is 11.7 Å². The molecule has 1 atom stereocenters. The van der Waals surface area contributed by atoms with Crippen molar-refractivity contribution in [2.75, 3.05) is 0 Å². The molecule has 0 aromatic heterocycles. The van der Waals surface area contributed by atoms with E-state index >= 15 is 0 Å². The Labute approximate surface area is 187 Å². The predicted molar refractivity (Wildman–Crippen MR) is 131 cm³/mol. The van der Waals surface area contributed by atoms with Crippen LogP contribution in [0.2, 0.25) is 0 Å². The summed E-state index contributed by atoms with van der Waals surface area (Å²) < 4.78 is 0. The molecule has 1 heteroatoms. The third kappa shape index (κ3) is 10.8. The molecule has 0 N–H and O–H groups in total. The summed E-state index contributed by atoms with van der Waals surface area (Å²) in [5.74, 6) is 1.45. The summed E-state index contributed by atoms with van der Waals surface area (Å²) in [6.07, 6.45) is 24.6. The molecule has 170 valence electrons. The first-order valence-corrected chi connectivity index (χ1v) is 13.4. The SMILES string of the molecule is CCCCCCCCCCCCCCC(=O)C(Cc1ccccc1)C1CCCCC1. The van der Waals surface area contributed by atoms with Crippen molar-refractivity contribution in [2.45, 2.75) is 129 Å². The molecule has 1 fully saturated rings. The number of carbonyl (C=O) groups excluding carboxylic acids is 1. The van der Waals surface area contributed by atoms with Crippen LogP contribution in [0.5, 0.6) is 0 Å². The molecule has 1 aliphatic rings. The molecule has 0 aliphatic heterocycles. The van der Waals surface area contributed by atoms with E-state index in [1.807, 2.05) is 0 Å². The van der Waals surface area contributed by atoms with Crippen molar-refractivity contribution in [3.63, 3.8) is 0 Å². The van der Waals surface area contributed by atoms with E-state index in [1.54, 1.807) is 0 Å². The molecule has 0 amide bonds. The highest BCUT2D eigenvalue weighted by Crippen LogP contribution is 2.33. The highest BCUT2D eigenvalue weighted by atomic mass is 16.1. The number of hydrogen-bond acceptors (Lipinski definition) is 1. The Morgan fingerprint density at radius 3 is 1.87 bits per heavy atom. The van der Waals surface area contributed by atoms with Crippen LogP contribution >= 0.6 is 0 Å². The molecule has 1 saturated carbocycles. The Balaban J connectivity index is 1.59. The molecule has 0 heterocycles. The van der Waals surface area contributed by atoms with Crippen molar-refractivity contribution in [3.05, 3.63) is 35.9 Å². The molecular weight excluding hydrogens is 364 g/mol. The maximum Gasteiger partial charge on any atom is 0.136 e. The third-order valence-electron chi connectivity index (χ3n) is 7.21. The summed E-state index contributed by atoms with van der Waals surface area (Å²) in [7, 11) is 0. The fourth-order valence-corrected chi connectivity index (χ4v) is 5.27. The standard InChI is InChI=1S/C29H48O/c1-2-3-4-5-6-7-8-9-10-11-12-19-24-29(30)28(27-22-17-14-18-23-27)25-26-20-15-13-16-21-26/h13,15-16,20-21,27-28H,2-12,14,17-19,22-25H2,1H3. The maximum absolute atomic E-state index is 13.1. The van der Waals surface area contributed by atoms with E-state index in [0.717, 1.165) is 19.3 Å². The Kier molecular flexibility index (Phi) is 13.9. The van der Waals surface area contributed by atoms with E-state index in [-0.39, 0.29) is 5.92 Å². The smallest absolute Gasteiger partial charge is 0.136 e. The summed E-state index contributed by atoms with van der Waals surface area (Å²) in [6, 6.07) is 10.7. The number of ketones is 1. The van der Waals surface area contributed by atoms with Gasteiger partial charge in [-0.15, -0.1) is 0 Å². The van der Waals surface area contributed by atoms with Crippen LogP contribution in [0.3, 0.4) is 0 Å². The lowest BCUT2D eigenvalue weighted by Gasteiger charge is -2.29. The summed E-state index contributed by atoms with van der Waals surface area (Å²) in [5, 5.41) is 0. The van der Waals surface area contributed by atoms with Crippen LogP contribution in [0.25, 0.3) is 0 Å². The van der Waals surface area contributed by atoms with Crippen LogP contribution in [-0.4, -0.2) is 5.78 Å². The number of benzene rings is 1. The Morgan fingerprint density at radius 2 is 1.30 bits per heavy atom. The number of carbonyl (C=O) groups is 1. The summed E-state index contributed by atoms with van der Waals surface area (Å²) in [4.78, 5) is 13.1. The lowest BCUT2D eigenvalue weighted by atomic mass is 9.74. The second kappa shape index (κ2) is 16.6. The van der Waals surface area contributed by atoms with Crippen LogP contribution in [0.15, 0.2) is 30.3 Å². The monoisotopic (exact) mass is 412 g/mol. The van der Waals surface area contributed by atoms with Gasteiger partial charge in [0.25, 0.3) is 0 Å². The second-order valence-corrected chi connectivity index (χ2v) is 9.80. The molecule has 0 spiro atoms. The minimum Gasteiger partial charge on any atom is -0.299 e. The average Bonchev–Trinajstić information content (AvgIpc) is 2.79. The molecule has 0 bridgehead atoms. The molecule has 0 radical (unpaired) electrons. The normalized spacial score (nSPS) is 15.9. The van der Waals surface area contributed by atoms with Crippen molar-refractivity contribution < 1.29 is 4.79 Å². The molecule has 0 saturated heterocycles. The van der Waals surface area contributed by atoms with Gasteiger partial charge < -0.3 is 0 Å². The molecular formula is C29H48O. The zero-order valence-electron chi connectivity index (χ0n) is 19.9. The predicted octanol–water partition coefficient (Wildman–Crippen LogP) is 9.09. The quantitative estimate of drug-likeness (QED) is 0.233. The van der Waals surface area contributed by atoms with E-state index < -0.39 is 0 Å². The van der Waals surface area contributed by atoms with E-state index in [4.69, 9.17) is 0 Å². The highest BCUT2D eigenvalue weighted by Gasteiger charge is 2.29. The van der Waals surface area contributed by atoms with Crippen molar-refractivity contribution in [1.82, 2.24) is 0 Å². The van der Waals surface area contributed by atoms with Gasteiger partial charge in [0.1, 0.15) is 5.78 Å². The van der Waals surface area contributed by atoms with Gasteiger partial charge >= 0.3 is 0 Å². The van der Waals surface area contributed by atoms with Gasteiger partial charge in [0.05, 0.1) is 0 Å². The van der Waals surface area contributed by atoms with E-state index in [1.165, 1.54) is 108 Å². The van der Waals surface area contributed by atoms with Crippen molar-refractivity contribution in [1.29, 1.82) is 0 Å². The van der Waals surface area contributed by atoms with Gasteiger partial charge in [-0.2, -0.15) is 0 Å². The minimum atomic E-state index is 0.264. The van der Waals surface area contributed by atoms with Gasteiger partial charge in [-0.3, -0.25) is 4.79 Å². The van der Waals surface area contributed by atoms with E-state index in [9.17, 15) is 4.79 Å². The first kappa shape index (κ1) is 25.2. The number of hydrogen-bond donors (Lipinski definition) is 0. The van der Waals surface area contributed by atoms with Gasteiger partial charge in [-0.1, -0.05) is 127 Å². The summed E-state index contributed by atoms with van der Waals surface area (Å²) in [6.45, 7) is 2.28. The Bertz CT molecular complexity index is 529. The Morgan fingerprint density at radius 1 is 0.767 bits per heavy atom. The number of unbranched alkanes of at least 4 members (excludes halogenated alkanes) is 11. The first-order chi connectivity index (χ1) is 14.8. The molecule has 1 unspecified atom stereocenters. The van der Waals surface area contributed by atoms with E-state index in [2.05, 4.69) is 37.3 Å². The highest BCUT2D eigenvalue weighted by molar-refractivity contribution is 5.81. The zero-order valence-corrected chi connectivity index (χ0v) is 19.9. The minimum absolute atomic E-state index is 0.264. The number of Topliss-reactive ketones (excluding diaryl/α,β-unsaturated/α-hetero) is 1. The topological polar surface area (TPSA) is 17.1 Å². The van der Waals surface area contributed by atoms with Gasteiger partial charge in [0.2, 0.25) is 0 Å². The summed E-state index contributed by atoms with van der Waals surface area (Å²) in [5.41, 5.74) is 1.34.